The van der Waals surface area contributed by atoms with E-state index in [-0.39, 0.29) is 5.92 Å². The van der Waals surface area contributed by atoms with Crippen molar-refractivity contribution in [3.63, 3.8) is 0 Å². The molecular formula is C48H38N2. The number of nitrogens with zero attached hydrogens (tertiary/aromatic N) is 2. The molecule has 7 aromatic rings. The van der Waals surface area contributed by atoms with E-state index in [0.29, 0.717) is 5.92 Å². The molecule has 0 aliphatic heterocycles. The molecule has 0 bridgehead atoms. The molecule has 2 nitrogen and oxygen atoms in total. The minimum absolute atomic E-state index is 0.279. The second-order valence-corrected chi connectivity index (χ2v) is 13.4. The van der Waals surface area contributed by atoms with Crippen molar-refractivity contribution in [2.45, 2.75) is 13.8 Å². The van der Waals surface area contributed by atoms with E-state index in [9.17, 15) is 0 Å². The molecule has 0 saturated carbocycles. The van der Waals surface area contributed by atoms with Gasteiger partial charge in [-0.05, 0) is 113 Å². The predicted molar refractivity (Wildman–Crippen MR) is 214 cm³/mol. The summed E-state index contributed by atoms with van der Waals surface area (Å²) in [6.45, 7) is 4.57. The quantitative estimate of drug-likeness (QED) is 0.167. The van der Waals surface area contributed by atoms with E-state index in [1.807, 2.05) is 0 Å². The highest BCUT2D eigenvalue weighted by Crippen LogP contribution is 2.44. The summed E-state index contributed by atoms with van der Waals surface area (Å²) in [5, 5.41) is 7.61. The average molecular weight is 643 g/mol. The number of rotatable bonds is 6. The zero-order valence-electron chi connectivity index (χ0n) is 28.4. The van der Waals surface area contributed by atoms with Crippen LogP contribution in [0.2, 0.25) is 0 Å². The highest BCUT2D eigenvalue weighted by atomic mass is 15.2. The van der Waals surface area contributed by atoms with Crippen LogP contribution in [0.15, 0.2) is 188 Å². The standard InChI is InChI=1S/C48H38N2/c1-33-41-29-27-39(49(37-19-5-3-6-20-37)47-25-13-17-35-15-9-11-23-43(35)47)31-45(41)34(2)46-32-40(28-30-42(33)46)50(38-21-7-4-8-22-38)48-26-14-18-36-16-10-12-24-44(36)48/h3-32,35,43H,1-2H3. The van der Waals surface area contributed by atoms with Gasteiger partial charge in [-0.3, -0.25) is 0 Å². The first-order chi connectivity index (χ1) is 24.7. The van der Waals surface area contributed by atoms with Crippen LogP contribution in [0.25, 0.3) is 32.3 Å². The van der Waals surface area contributed by atoms with Crippen LogP contribution in [-0.2, 0) is 0 Å². The zero-order chi connectivity index (χ0) is 33.6. The summed E-state index contributed by atoms with van der Waals surface area (Å²) >= 11 is 0. The van der Waals surface area contributed by atoms with Gasteiger partial charge in [0, 0.05) is 45.7 Å². The minimum atomic E-state index is 0.279. The number of fused-ring (bicyclic) bond motifs is 4. The van der Waals surface area contributed by atoms with E-state index in [1.165, 1.54) is 66.2 Å². The highest BCUT2D eigenvalue weighted by molar-refractivity contribution is 6.08. The first kappa shape index (κ1) is 30.0. The summed E-state index contributed by atoms with van der Waals surface area (Å²) in [5.41, 5.74) is 9.68. The molecule has 240 valence electrons. The van der Waals surface area contributed by atoms with Crippen LogP contribution in [-0.4, -0.2) is 0 Å². The predicted octanol–water partition coefficient (Wildman–Crippen LogP) is 13.2. The van der Waals surface area contributed by atoms with Gasteiger partial charge in [0.15, 0.2) is 0 Å². The molecule has 2 aliphatic rings. The first-order valence-electron chi connectivity index (χ1n) is 17.5. The largest absolute Gasteiger partial charge is 0.314 e. The summed E-state index contributed by atoms with van der Waals surface area (Å²) in [7, 11) is 0. The van der Waals surface area contributed by atoms with E-state index >= 15 is 0 Å². The number of benzene rings is 7. The summed E-state index contributed by atoms with van der Waals surface area (Å²) in [4.78, 5) is 4.86. The molecule has 0 heterocycles. The van der Waals surface area contributed by atoms with Gasteiger partial charge < -0.3 is 9.80 Å². The number of allylic oxidation sites excluding steroid dienone is 7. The minimum Gasteiger partial charge on any atom is -0.314 e. The lowest BCUT2D eigenvalue weighted by Gasteiger charge is -2.36. The van der Waals surface area contributed by atoms with Crippen molar-refractivity contribution in [2.24, 2.45) is 11.8 Å². The van der Waals surface area contributed by atoms with Crippen LogP contribution in [0.1, 0.15) is 11.1 Å². The molecule has 2 atom stereocenters. The lowest BCUT2D eigenvalue weighted by molar-refractivity contribution is 0.612. The second-order valence-electron chi connectivity index (χ2n) is 13.4. The zero-order valence-corrected chi connectivity index (χ0v) is 28.4. The van der Waals surface area contributed by atoms with Crippen LogP contribution in [0.4, 0.5) is 28.4 Å². The molecule has 2 aliphatic carbocycles. The molecule has 9 rings (SSSR count). The molecule has 0 amide bonds. The molecule has 2 unspecified atom stereocenters. The van der Waals surface area contributed by atoms with Gasteiger partial charge in [-0.1, -0.05) is 121 Å². The SMILES string of the molecule is Cc1c2ccc(N(C3=CC=CC4C=CC=CC34)c3ccccc3)cc2c(C)c2cc(N(c3ccccc3)c3cccc4ccccc34)ccc12. The normalized spacial score (nSPS) is 16.5. The number of para-hydroxylation sites is 2. The Morgan fingerprint density at radius 3 is 1.70 bits per heavy atom. The fraction of sp³-hybridized carbons (Fsp3) is 0.0833. The number of anilines is 5. The summed E-state index contributed by atoms with van der Waals surface area (Å²) in [5.74, 6) is 0.633. The Morgan fingerprint density at radius 1 is 0.420 bits per heavy atom. The lowest BCUT2D eigenvalue weighted by Crippen LogP contribution is -2.27. The Kier molecular flexibility index (Phi) is 7.43. The molecule has 0 radical (unpaired) electrons. The maximum absolute atomic E-state index is 2.46. The molecule has 0 fully saturated rings. The van der Waals surface area contributed by atoms with Crippen molar-refractivity contribution in [3.05, 3.63) is 199 Å². The third-order valence-corrected chi connectivity index (χ3v) is 10.6. The Balaban J connectivity index is 1.23. The summed E-state index contributed by atoms with van der Waals surface area (Å²) < 4.78 is 0. The van der Waals surface area contributed by atoms with E-state index < -0.39 is 0 Å². The van der Waals surface area contributed by atoms with Crippen LogP contribution in [0.3, 0.4) is 0 Å². The van der Waals surface area contributed by atoms with Crippen molar-refractivity contribution in [1.82, 2.24) is 0 Å². The molecule has 0 spiro atoms. The Labute approximate surface area is 294 Å². The molecule has 0 N–H and O–H groups in total. The van der Waals surface area contributed by atoms with E-state index in [1.54, 1.807) is 0 Å². The monoisotopic (exact) mass is 642 g/mol. The fourth-order valence-electron chi connectivity index (χ4n) is 8.06. The maximum atomic E-state index is 2.46. The average Bonchev–Trinajstić information content (AvgIpc) is 3.18. The summed E-state index contributed by atoms with van der Waals surface area (Å²) in [6, 6.07) is 50.8. The van der Waals surface area contributed by atoms with Gasteiger partial charge in [0.2, 0.25) is 0 Å². The lowest BCUT2D eigenvalue weighted by atomic mass is 9.82. The third-order valence-electron chi connectivity index (χ3n) is 10.6. The molecular weight excluding hydrogens is 605 g/mol. The molecule has 7 aromatic carbocycles. The maximum Gasteiger partial charge on any atom is 0.0540 e. The molecule has 0 saturated heterocycles. The smallest absolute Gasteiger partial charge is 0.0540 e. The van der Waals surface area contributed by atoms with Gasteiger partial charge in [0.1, 0.15) is 0 Å². The van der Waals surface area contributed by atoms with E-state index in [4.69, 9.17) is 0 Å². The Morgan fingerprint density at radius 2 is 0.980 bits per heavy atom. The van der Waals surface area contributed by atoms with Crippen molar-refractivity contribution in [1.29, 1.82) is 0 Å². The van der Waals surface area contributed by atoms with Crippen LogP contribution in [0, 0.1) is 25.7 Å². The van der Waals surface area contributed by atoms with Gasteiger partial charge >= 0.3 is 0 Å². The van der Waals surface area contributed by atoms with Crippen LogP contribution < -0.4 is 9.80 Å². The number of aryl methyl sites for hydroxylation is 2. The third kappa shape index (κ3) is 5.04. The topological polar surface area (TPSA) is 6.48 Å². The van der Waals surface area contributed by atoms with Gasteiger partial charge in [0.05, 0.1) is 5.69 Å². The van der Waals surface area contributed by atoms with Crippen LogP contribution >= 0.6 is 0 Å². The Hall–Kier alpha value is -6.12. The van der Waals surface area contributed by atoms with Gasteiger partial charge in [-0.2, -0.15) is 0 Å². The molecule has 50 heavy (non-hydrogen) atoms. The molecule has 2 heteroatoms. The van der Waals surface area contributed by atoms with Gasteiger partial charge in [0.25, 0.3) is 0 Å². The van der Waals surface area contributed by atoms with Crippen molar-refractivity contribution < 1.29 is 0 Å². The first-order valence-corrected chi connectivity index (χ1v) is 17.5. The van der Waals surface area contributed by atoms with Gasteiger partial charge in [-0.25, -0.2) is 0 Å². The van der Waals surface area contributed by atoms with Gasteiger partial charge in [-0.15, -0.1) is 0 Å². The number of hydrogen-bond acceptors (Lipinski definition) is 2. The summed E-state index contributed by atoms with van der Waals surface area (Å²) in [6.07, 6.45) is 15.8. The van der Waals surface area contributed by atoms with Crippen molar-refractivity contribution in [2.75, 3.05) is 9.80 Å². The van der Waals surface area contributed by atoms with E-state index in [2.05, 4.69) is 206 Å². The van der Waals surface area contributed by atoms with Crippen LogP contribution in [0.5, 0.6) is 0 Å². The number of hydrogen-bond donors (Lipinski definition) is 0. The second kappa shape index (κ2) is 12.4. The van der Waals surface area contributed by atoms with E-state index in [0.717, 1.165) is 11.4 Å². The Bertz CT molecular complexity index is 2510. The van der Waals surface area contributed by atoms with Crippen molar-refractivity contribution in [3.8, 4) is 0 Å². The molecule has 0 aromatic heterocycles. The van der Waals surface area contributed by atoms with Crippen molar-refractivity contribution >= 4 is 60.8 Å². The highest BCUT2D eigenvalue weighted by Gasteiger charge is 2.28. The fourth-order valence-corrected chi connectivity index (χ4v) is 8.06.